The summed E-state index contributed by atoms with van der Waals surface area (Å²) in [4.78, 5) is 14.8. The third-order valence-corrected chi connectivity index (χ3v) is 4.68. The summed E-state index contributed by atoms with van der Waals surface area (Å²) in [6, 6.07) is 11.3. The number of benzene rings is 2. The molecule has 0 radical (unpaired) electrons. The topological polar surface area (TPSA) is 60.0 Å². The first-order valence-electron chi connectivity index (χ1n) is 9.10. The molecule has 0 unspecified atom stereocenters. The molecule has 0 aromatic heterocycles. The average Bonchev–Trinajstić information content (AvgIpc) is 2.90. The number of nitrogens with zero attached hydrogens (tertiary/aromatic N) is 1. The molecular weight excluding hydrogens is 344 g/mol. The number of nitrogens with one attached hydrogen (secondary N) is 1. The van der Waals surface area contributed by atoms with Crippen molar-refractivity contribution in [2.45, 2.75) is 26.2 Å². The van der Waals surface area contributed by atoms with Crippen LogP contribution in [0.3, 0.4) is 0 Å². The lowest BCUT2D eigenvalue weighted by Crippen LogP contribution is -2.35. The van der Waals surface area contributed by atoms with Crippen molar-refractivity contribution in [3.05, 3.63) is 47.5 Å². The van der Waals surface area contributed by atoms with E-state index in [4.69, 9.17) is 14.2 Å². The summed E-state index contributed by atoms with van der Waals surface area (Å²) in [6.07, 6.45) is 2.96. The second kappa shape index (κ2) is 8.77. The third kappa shape index (κ3) is 4.52. The Kier molecular flexibility index (Phi) is 6.19. The second-order valence-electron chi connectivity index (χ2n) is 6.56. The molecule has 0 fully saturated rings. The fourth-order valence-electron chi connectivity index (χ4n) is 3.25. The van der Waals surface area contributed by atoms with Crippen molar-refractivity contribution in [3.63, 3.8) is 0 Å². The van der Waals surface area contributed by atoms with Gasteiger partial charge in [0.1, 0.15) is 11.5 Å². The summed E-state index contributed by atoms with van der Waals surface area (Å²) in [5.41, 5.74) is 3.79. The van der Waals surface area contributed by atoms with Gasteiger partial charge in [-0.1, -0.05) is 0 Å². The Morgan fingerprint density at radius 2 is 1.93 bits per heavy atom. The number of hydrogen-bond acceptors (Lipinski definition) is 4. The van der Waals surface area contributed by atoms with Crippen LogP contribution < -0.4 is 19.7 Å². The van der Waals surface area contributed by atoms with Gasteiger partial charge in [0.15, 0.2) is 6.79 Å². The van der Waals surface area contributed by atoms with Crippen LogP contribution >= 0.6 is 0 Å². The van der Waals surface area contributed by atoms with Gasteiger partial charge >= 0.3 is 6.03 Å². The molecule has 6 nitrogen and oxygen atoms in total. The molecule has 6 heteroatoms. The summed E-state index contributed by atoms with van der Waals surface area (Å²) in [7, 11) is 3.24. The molecule has 0 bridgehead atoms. The number of methoxy groups -OCH3 is 2. The number of rotatable bonds is 5. The minimum atomic E-state index is -0.128. The summed E-state index contributed by atoms with van der Waals surface area (Å²) in [6.45, 7) is 2.83. The van der Waals surface area contributed by atoms with E-state index in [-0.39, 0.29) is 12.8 Å². The van der Waals surface area contributed by atoms with Gasteiger partial charge in [-0.2, -0.15) is 0 Å². The lowest BCUT2D eigenvalue weighted by atomic mass is 10.1. The van der Waals surface area contributed by atoms with E-state index in [1.807, 2.05) is 48.2 Å². The Balaban J connectivity index is 1.78. The number of carbonyl (C=O) groups is 1. The van der Waals surface area contributed by atoms with Crippen molar-refractivity contribution in [2.75, 3.05) is 37.8 Å². The molecule has 1 N–H and O–H groups in total. The van der Waals surface area contributed by atoms with E-state index in [0.29, 0.717) is 12.3 Å². The van der Waals surface area contributed by atoms with Gasteiger partial charge in [0.25, 0.3) is 0 Å². The van der Waals surface area contributed by atoms with Crippen LogP contribution in [0.1, 0.15) is 24.0 Å². The van der Waals surface area contributed by atoms with Crippen molar-refractivity contribution < 1.29 is 19.0 Å². The van der Waals surface area contributed by atoms with Crippen molar-refractivity contribution in [1.82, 2.24) is 0 Å². The van der Waals surface area contributed by atoms with Crippen molar-refractivity contribution in [1.29, 1.82) is 0 Å². The highest BCUT2D eigenvalue weighted by Crippen LogP contribution is 2.31. The van der Waals surface area contributed by atoms with Crippen LogP contribution in [-0.2, 0) is 11.2 Å². The quantitative estimate of drug-likeness (QED) is 0.795. The molecule has 0 spiro atoms. The number of aryl methyl sites for hydroxylation is 2. The molecule has 2 aromatic carbocycles. The number of urea groups is 1. The molecule has 3 rings (SSSR count). The predicted octanol–water partition coefficient (Wildman–Crippen LogP) is 4.36. The first-order valence-corrected chi connectivity index (χ1v) is 9.10. The highest BCUT2D eigenvalue weighted by Gasteiger charge is 2.22. The maximum Gasteiger partial charge on any atom is 0.326 e. The number of amides is 2. The van der Waals surface area contributed by atoms with E-state index in [2.05, 4.69) is 5.32 Å². The first kappa shape index (κ1) is 19.0. The normalized spacial score (nSPS) is 13.5. The van der Waals surface area contributed by atoms with Gasteiger partial charge in [0.2, 0.25) is 0 Å². The maximum absolute atomic E-state index is 13.0. The van der Waals surface area contributed by atoms with Gasteiger partial charge < -0.3 is 19.5 Å². The van der Waals surface area contributed by atoms with Gasteiger partial charge in [-0.25, -0.2) is 4.79 Å². The first-order chi connectivity index (χ1) is 13.1. The molecular formula is C21H26N2O4. The van der Waals surface area contributed by atoms with E-state index < -0.39 is 0 Å². The summed E-state index contributed by atoms with van der Waals surface area (Å²) in [5.74, 6) is 1.53. The molecule has 27 heavy (non-hydrogen) atoms. The Bertz CT molecular complexity index is 807. The van der Waals surface area contributed by atoms with E-state index >= 15 is 0 Å². The largest absolute Gasteiger partial charge is 0.497 e. The lowest BCUT2D eigenvalue weighted by molar-refractivity contribution is 0.0511. The highest BCUT2D eigenvalue weighted by molar-refractivity contribution is 6.02. The maximum atomic E-state index is 13.0. The SMILES string of the molecule is COCOc1ccc(NC(=O)N2CCCCc3cc(OC)ccc32)c(C)c1. The molecule has 1 heterocycles. The minimum absolute atomic E-state index is 0.128. The molecule has 0 saturated heterocycles. The zero-order valence-corrected chi connectivity index (χ0v) is 16.1. The number of anilines is 2. The summed E-state index contributed by atoms with van der Waals surface area (Å²) >= 11 is 0. The zero-order chi connectivity index (χ0) is 19.2. The Labute approximate surface area is 160 Å². The van der Waals surface area contributed by atoms with Crippen molar-refractivity contribution in [2.24, 2.45) is 0 Å². The van der Waals surface area contributed by atoms with Crippen LogP contribution in [0.2, 0.25) is 0 Å². The highest BCUT2D eigenvalue weighted by atomic mass is 16.7. The van der Waals surface area contributed by atoms with E-state index in [9.17, 15) is 4.79 Å². The van der Waals surface area contributed by atoms with Gasteiger partial charge in [-0.3, -0.25) is 4.90 Å². The molecule has 2 amide bonds. The smallest absolute Gasteiger partial charge is 0.326 e. The molecule has 1 aliphatic heterocycles. The standard InChI is InChI=1S/C21H26N2O4/c1-15-12-18(27-14-25-2)7-9-19(15)22-21(24)23-11-5-4-6-16-13-17(26-3)8-10-20(16)23/h7-10,12-13H,4-6,11,14H2,1-3H3,(H,22,24). The molecule has 0 atom stereocenters. The number of carbonyl (C=O) groups excluding carboxylic acids is 1. The van der Waals surface area contributed by atoms with Gasteiger partial charge in [0.05, 0.1) is 7.11 Å². The Hall–Kier alpha value is -2.73. The number of hydrogen-bond donors (Lipinski definition) is 1. The average molecular weight is 370 g/mol. The molecule has 0 aliphatic carbocycles. The van der Waals surface area contributed by atoms with Crippen LogP contribution in [-0.4, -0.2) is 33.6 Å². The van der Waals surface area contributed by atoms with Crippen molar-refractivity contribution in [3.8, 4) is 11.5 Å². The van der Waals surface area contributed by atoms with Gasteiger partial charge in [-0.15, -0.1) is 0 Å². The lowest BCUT2D eigenvalue weighted by Gasteiger charge is -2.24. The third-order valence-electron chi connectivity index (χ3n) is 4.68. The summed E-state index contributed by atoms with van der Waals surface area (Å²) < 4.78 is 15.7. The molecule has 1 aliphatic rings. The second-order valence-corrected chi connectivity index (χ2v) is 6.56. The van der Waals surface area contributed by atoms with Crippen LogP contribution in [0.5, 0.6) is 11.5 Å². The van der Waals surface area contributed by atoms with Crippen molar-refractivity contribution >= 4 is 17.4 Å². The van der Waals surface area contributed by atoms with Crippen LogP contribution in [0.4, 0.5) is 16.2 Å². The predicted molar refractivity (Wildman–Crippen MR) is 106 cm³/mol. The molecule has 0 saturated carbocycles. The fraction of sp³-hybridized carbons (Fsp3) is 0.381. The van der Waals surface area contributed by atoms with E-state index in [1.165, 1.54) is 0 Å². The molecule has 144 valence electrons. The monoisotopic (exact) mass is 370 g/mol. The van der Waals surface area contributed by atoms with Crippen LogP contribution in [0.25, 0.3) is 0 Å². The fourth-order valence-corrected chi connectivity index (χ4v) is 3.25. The number of ether oxygens (including phenoxy) is 3. The number of fused-ring (bicyclic) bond motifs is 1. The Morgan fingerprint density at radius 1 is 1.11 bits per heavy atom. The zero-order valence-electron chi connectivity index (χ0n) is 16.1. The van der Waals surface area contributed by atoms with Crippen LogP contribution in [0.15, 0.2) is 36.4 Å². The van der Waals surface area contributed by atoms with Gasteiger partial charge in [-0.05, 0) is 73.7 Å². The summed E-state index contributed by atoms with van der Waals surface area (Å²) in [5, 5.41) is 3.03. The van der Waals surface area contributed by atoms with Crippen LogP contribution in [0, 0.1) is 6.92 Å². The minimum Gasteiger partial charge on any atom is -0.497 e. The van der Waals surface area contributed by atoms with Gasteiger partial charge in [0, 0.05) is 25.0 Å². The Morgan fingerprint density at radius 3 is 2.67 bits per heavy atom. The molecule has 2 aromatic rings. The van der Waals surface area contributed by atoms with E-state index in [0.717, 1.165) is 47.5 Å². The van der Waals surface area contributed by atoms with E-state index in [1.54, 1.807) is 14.2 Å².